The monoisotopic (exact) mass is 343 g/mol. The molecule has 0 spiro atoms. The molecule has 0 aliphatic carbocycles. The fourth-order valence-corrected chi connectivity index (χ4v) is 1.57. The molecular formula is C13H18IN3. The zero-order valence-electron chi connectivity index (χ0n) is 9.73. The van der Waals surface area contributed by atoms with Crippen LogP contribution in [0, 0.1) is 0 Å². The van der Waals surface area contributed by atoms with Crippen molar-refractivity contribution < 1.29 is 0 Å². The van der Waals surface area contributed by atoms with Crippen LogP contribution in [-0.2, 0) is 0 Å². The van der Waals surface area contributed by atoms with Crippen LogP contribution in [0.5, 0.6) is 0 Å². The number of guanidine groups is 1. The van der Waals surface area contributed by atoms with Gasteiger partial charge in [-0.2, -0.15) is 0 Å². The van der Waals surface area contributed by atoms with Gasteiger partial charge < -0.3 is 10.6 Å². The van der Waals surface area contributed by atoms with Crippen molar-refractivity contribution in [2.75, 3.05) is 19.6 Å². The number of benzene rings is 1. The fraction of sp³-hybridized carbons (Fsp3) is 0.308. The number of aliphatic imine (C=N–C) groups is 1. The molecule has 17 heavy (non-hydrogen) atoms. The van der Waals surface area contributed by atoms with Crippen molar-refractivity contribution in [1.29, 1.82) is 0 Å². The first kappa shape index (κ1) is 14.0. The molecule has 0 saturated heterocycles. The van der Waals surface area contributed by atoms with Gasteiger partial charge in [0.1, 0.15) is 0 Å². The van der Waals surface area contributed by atoms with Gasteiger partial charge >= 0.3 is 0 Å². The zero-order chi connectivity index (χ0) is 11.1. The highest BCUT2D eigenvalue weighted by Gasteiger charge is 2.00. The molecule has 92 valence electrons. The van der Waals surface area contributed by atoms with Gasteiger partial charge in [-0.05, 0) is 12.0 Å². The minimum Gasteiger partial charge on any atom is -0.356 e. The first-order valence-electron chi connectivity index (χ1n) is 5.69. The summed E-state index contributed by atoms with van der Waals surface area (Å²) in [6, 6.07) is 10.3. The molecule has 0 unspecified atom stereocenters. The van der Waals surface area contributed by atoms with Crippen molar-refractivity contribution in [1.82, 2.24) is 10.6 Å². The Bertz CT molecular complexity index is 374. The van der Waals surface area contributed by atoms with Crippen LogP contribution in [0.3, 0.4) is 0 Å². The highest BCUT2D eigenvalue weighted by Crippen LogP contribution is 1.99. The number of hydrogen-bond acceptors (Lipinski definition) is 3. The minimum absolute atomic E-state index is 0. The summed E-state index contributed by atoms with van der Waals surface area (Å²) in [5, 5.41) is 6.47. The van der Waals surface area contributed by atoms with Gasteiger partial charge in [0.15, 0.2) is 5.96 Å². The average Bonchev–Trinajstić information content (AvgIpc) is 2.37. The summed E-state index contributed by atoms with van der Waals surface area (Å²) in [6.07, 6.45) is 5.34. The molecule has 2 N–H and O–H groups in total. The van der Waals surface area contributed by atoms with Crippen LogP contribution in [0.4, 0.5) is 0 Å². The highest BCUT2D eigenvalue weighted by atomic mass is 127. The molecule has 0 atom stereocenters. The summed E-state index contributed by atoms with van der Waals surface area (Å²) < 4.78 is 0. The van der Waals surface area contributed by atoms with Gasteiger partial charge in [0, 0.05) is 19.6 Å². The maximum absolute atomic E-state index is 4.33. The van der Waals surface area contributed by atoms with Crippen molar-refractivity contribution in [2.24, 2.45) is 4.99 Å². The van der Waals surface area contributed by atoms with Crippen LogP contribution < -0.4 is 10.6 Å². The maximum Gasteiger partial charge on any atom is 0.191 e. The van der Waals surface area contributed by atoms with Crippen LogP contribution >= 0.6 is 24.0 Å². The van der Waals surface area contributed by atoms with E-state index in [4.69, 9.17) is 0 Å². The van der Waals surface area contributed by atoms with Gasteiger partial charge in [-0.1, -0.05) is 42.5 Å². The lowest BCUT2D eigenvalue weighted by atomic mass is 10.2. The van der Waals surface area contributed by atoms with E-state index < -0.39 is 0 Å². The molecule has 1 aromatic rings. The largest absolute Gasteiger partial charge is 0.356 e. The summed E-state index contributed by atoms with van der Waals surface area (Å²) in [6.45, 7) is 2.76. The van der Waals surface area contributed by atoms with Crippen LogP contribution in [0.25, 0.3) is 6.08 Å². The van der Waals surface area contributed by atoms with Crippen molar-refractivity contribution in [3.8, 4) is 0 Å². The molecule has 3 nitrogen and oxygen atoms in total. The van der Waals surface area contributed by atoms with Crippen LogP contribution in [-0.4, -0.2) is 25.6 Å². The molecule has 0 radical (unpaired) electrons. The predicted octanol–water partition coefficient (Wildman–Crippen LogP) is 2.26. The smallest absolute Gasteiger partial charge is 0.191 e. The van der Waals surface area contributed by atoms with E-state index in [-0.39, 0.29) is 24.0 Å². The number of rotatable bonds is 3. The Hall–Kier alpha value is -1.04. The van der Waals surface area contributed by atoms with Gasteiger partial charge in [-0.25, -0.2) is 0 Å². The van der Waals surface area contributed by atoms with Crippen molar-refractivity contribution in [3.05, 3.63) is 42.0 Å². The van der Waals surface area contributed by atoms with E-state index in [1.54, 1.807) is 0 Å². The Kier molecular flexibility index (Phi) is 6.69. The minimum atomic E-state index is 0. The Morgan fingerprint density at radius 1 is 1.29 bits per heavy atom. The summed E-state index contributed by atoms with van der Waals surface area (Å²) in [5.74, 6) is 0.920. The SMILES string of the molecule is C(=C\c1ccccc1)/CNC1=NCCCN1.I. The third-order valence-electron chi connectivity index (χ3n) is 2.39. The lowest BCUT2D eigenvalue weighted by Crippen LogP contribution is -2.40. The lowest BCUT2D eigenvalue weighted by molar-refractivity contribution is 0.714. The van der Waals surface area contributed by atoms with Crippen LogP contribution in [0.1, 0.15) is 12.0 Å². The van der Waals surface area contributed by atoms with E-state index in [0.717, 1.165) is 32.0 Å². The van der Waals surface area contributed by atoms with E-state index in [2.05, 4.69) is 39.9 Å². The third kappa shape index (κ3) is 5.21. The molecule has 0 fully saturated rings. The van der Waals surface area contributed by atoms with Gasteiger partial charge in [-0.3, -0.25) is 4.99 Å². The number of nitrogens with one attached hydrogen (secondary N) is 2. The molecule has 0 amide bonds. The van der Waals surface area contributed by atoms with Gasteiger partial charge in [0.05, 0.1) is 0 Å². The lowest BCUT2D eigenvalue weighted by Gasteiger charge is -2.14. The summed E-state index contributed by atoms with van der Waals surface area (Å²) in [7, 11) is 0. The maximum atomic E-state index is 4.33. The number of halogens is 1. The Labute approximate surface area is 119 Å². The highest BCUT2D eigenvalue weighted by molar-refractivity contribution is 14.0. The summed E-state index contributed by atoms with van der Waals surface area (Å²) >= 11 is 0. The molecule has 0 aromatic heterocycles. The van der Waals surface area contributed by atoms with E-state index in [1.807, 2.05) is 18.2 Å². The van der Waals surface area contributed by atoms with Crippen molar-refractivity contribution in [2.45, 2.75) is 6.42 Å². The van der Waals surface area contributed by atoms with Crippen LogP contribution in [0.2, 0.25) is 0 Å². The van der Waals surface area contributed by atoms with Gasteiger partial charge in [-0.15, -0.1) is 24.0 Å². The topological polar surface area (TPSA) is 36.4 Å². The quantitative estimate of drug-likeness (QED) is 0.826. The molecule has 1 heterocycles. The van der Waals surface area contributed by atoms with Gasteiger partial charge in [0.25, 0.3) is 0 Å². The molecular weight excluding hydrogens is 325 g/mol. The van der Waals surface area contributed by atoms with Gasteiger partial charge in [0.2, 0.25) is 0 Å². The van der Waals surface area contributed by atoms with E-state index in [0.29, 0.717) is 0 Å². The van der Waals surface area contributed by atoms with Crippen molar-refractivity contribution >= 4 is 36.0 Å². The summed E-state index contributed by atoms with van der Waals surface area (Å²) in [5.41, 5.74) is 1.22. The van der Waals surface area contributed by atoms with Crippen LogP contribution in [0.15, 0.2) is 41.4 Å². The molecule has 2 rings (SSSR count). The molecule has 1 aliphatic heterocycles. The fourth-order valence-electron chi connectivity index (χ4n) is 1.57. The molecule has 4 heteroatoms. The Morgan fingerprint density at radius 2 is 2.12 bits per heavy atom. The number of nitrogens with zero attached hydrogens (tertiary/aromatic N) is 1. The molecule has 1 aliphatic rings. The molecule has 0 saturated carbocycles. The predicted molar refractivity (Wildman–Crippen MR) is 83.8 cm³/mol. The summed E-state index contributed by atoms with van der Waals surface area (Å²) in [4.78, 5) is 4.33. The first-order chi connectivity index (χ1) is 7.95. The third-order valence-corrected chi connectivity index (χ3v) is 2.39. The second-order valence-corrected chi connectivity index (χ2v) is 3.70. The number of hydrogen-bond donors (Lipinski definition) is 2. The zero-order valence-corrected chi connectivity index (χ0v) is 12.1. The van der Waals surface area contributed by atoms with E-state index in [9.17, 15) is 0 Å². The van der Waals surface area contributed by atoms with E-state index in [1.165, 1.54) is 5.56 Å². The van der Waals surface area contributed by atoms with Crippen molar-refractivity contribution in [3.63, 3.8) is 0 Å². The first-order valence-corrected chi connectivity index (χ1v) is 5.69. The Morgan fingerprint density at radius 3 is 2.82 bits per heavy atom. The Balaban J connectivity index is 0.00000144. The normalized spacial score (nSPS) is 14.7. The molecule has 1 aromatic carbocycles. The standard InChI is InChI=1S/C13H17N3.HI/c1-2-6-12(7-3-1)8-4-9-14-13-15-10-5-11-16-13;/h1-4,6-8H,5,9-11H2,(H2,14,15,16);1H/b8-4+;. The molecule has 0 bridgehead atoms. The second kappa shape index (κ2) is 8.11. The second-order valence-electron chi connectivity index (χ2n) is 3.70. The van der Waals surface area contributed by atoms with E-state index >= 15 is 0 Å². The average molecular weight is 343 g/mol.